The van der Waals surface area contributed by atoms with Crippen molar-refractivity contribution < 1.29 is 19.6 Å². The second-order valence-corrected chi connectivity index (χ2v) is 4.70. The van der Waals surface area contributed by atoms with Crippen molar-refractivity contribution >= 4 is 17.6 Å². The molecule has 0 aliphatic heterocycles. The molecule has 2 N–H and O–H groups in total. The molecule has 0 aromatic heterocycles. The number of benzene rings is 1. The summed E-state index contributed by atoms with van der Waals surface area (Å²) in [7, 11) is 0. The highest BCUT2D eigenvalue weighted by Gasteiger charge is 2.19. The first kappa shape index (κ1) is 16.6. The van der Waals surface area contributed by atoms with E-state index in [9.17, 15) is 19.7 Å². The number of aliphatic carboxylic acids is 1. The molecule has 0 saturated heterocycles. The number of non-ortho nitro benzene ring substituents is 1. The molecule has 0 fully saturated rings. The first-order chi connectivity index (χ1) is 9.93. The number of hydrogen-bond acceptors (Lipinski definition) is 4. The molecular weight excluding hydrogens is 276 g/mol. The zero-order valence-corrected chi connectivity index (χ0v) is 11.7. The minimum absolute atomic E-state index is 0.0857. The molecule has 1 atom stereocenters. The van der Waals surface area contributed by atoms with Crippen molar-refractivity contribution in [1.82, 2.24) is 5.32 Å². The number of carbonyl (C=O) groups is 2. The molecule has 1 rings (SSSR count). The molecule has 0 unspecified atom stereocenters. The number of unbranched alkanes of at least 4 members (excludes halogenated alkanes) is 1. The van der Waals surface area contributed by atoms with Crippen LogP contribution in [0.25, 0.3) is 0 Å². The van der Waals surface area contributed by atoms with E-state index in [1.165, 1.54) is 18.2 Å². The molecule has 0 heterocycles. The lowest BCUT2D eigenvalue weighted by Crippen LogP contribution is -2.41. The van der Waals surface area contributed by atoms with Crippen LogP contribution in [0.1, 0.15) is 31.7 Å². The van der Waals surface area contributed by atoms with E-state index in [2.05, 4.69) is 5.32 Å². The number of hydrogen-bond donors (Lipinski definition) is 2. The molecule has 0 spiro atoms. The van der Waals surface area contributed by atoms with Gasteiger partial charge in [-0.3, -0.25) is 14.9 Å². The molecule has 7 heteroatoms. The summed E-state index contributed by atoms with van der Waals surface area (Å²) in [5.41, 5.74) is 0.377. The largest absolute Gasteiger partial charge is 0.480 e. The Morgan fingerprint density at radius 2 is 2.14 bits per heavy atom. The topological polar surface area (TPSA) is 110 Å². The van der Waals surface area contributed by atoms with E-state index in [0.29, 0.717) is 18.4 Å². The molecular formula is C14H18N2O5. The van der Waals surface area contributed by atoms with Gasteiger partial charge in [0.15, 0.2) is 0 Å². The Hall–Kier alpha value is -2.44. The van der Waals surface area contributed by atoms with Crippen LogP contribution in [0.3, 0.4) is 0 Å². The quantitative estimate of drug-likeness (QED) is 0.562. The molecule has 1 aromatic rings. The first-order valence-electron chi connectivity index (χ1n) is 6.69. The monoisotopic (exact) mass is 294 g/mol. The van der Waals surface area contributed by atoms with Crippen molar-refractivity contribution in [3.8, 4) is 0 Å². The van der Waals surface area contributed by atoms with E-state index in [4.69, 9.17) is 5.11 Å². The number of carboxylic acid groups (broad SMARTS) is 1. The van der Waals surface area contributed by atoms with Crippen LogP contribution in [0.4, 0.5) is 5.69 Å². The van der Waals surface area contributed by atoms with Crippen LogP contribution in [-0.2, 0) is 16.0 Å². The highest BCUT2D eigenvalue weighted by molar-refractivity contribution is 5.84. The average Bonchev–Trinajstić information content (AvgIpc) is 2.43. The van der Waals surface area contributed by atoms with E-state index in [0.717, 1.165) is 6.42 Å². The molecule has 0 aliphatic carbocycles. The number of amides is 1. The number of carboxylic acids is 1. The summed E-state index contributed by atoms with van der Waals surface area (Å²) in [5.74, 6) is -1.53. The van der Waals surface area contributed by atoms with Crippen LogP contribution in [0.15, 0.2) is 24.3 Å². The third kappa shape index (κ3) is 5.60. The van der Waals surface area contributed by atoms with Crippen molar-refractivity contribution in [3.63, 3.8) is 0 Å². The number of nitro groups is 1. The van der Waals surface area contributed by atoms with Crippen molar-refractivity contribution in [2.24, 2.45) is 0 Å². The predicted molar refractivity (Wildman–Crippen MR) is 75.9 cm³/mol. The van der Waals surface area contributed by atoms with Crippen LogP contribution in [0.2, 0.25) is 0 Å². The number of carbonyl (C=O) groups excluding carboxylic acids is 1. The minimum atomic E-state index is -1.07. The van der Waals surface area contributed by atoms with Crippen molar-refractivity contribution in [1.29, 1.82) is 0 Å². The summed E-state index contributed by atoms with van der Waals surface area (Å²) in [4.78, 5) is 33.0. The standard InChI is InChI=1S/C14H18N2O5/c1-2-3-7-12(14(18)19)15-13(17)9-10-5-4-6-11(8-10)16(20)21/h4-6,8,12H,2-3,7,9H2,1H3,(H,15,17)(H,18,19)/t12-/m0/s1. The van der Waals surface area contributed by atoms with Crippen LogP contribution < -0.4 is 5.32 Å². The maximum Gasteiger partial charge on any atom is 0.326 e. The number of nitrogens with zero attached hydrogens (tertiary/aromatic N) is 1. The zero-order chi connectivity index (χ0) is 15.8. The second-order valence-electron chi connectivity index (χ2n) is 4.70. The SMILES string of the molecule is CCCC[C@H](NC(=O)Cc1cccc([N+](=O)[O-])c1)C(=O)O. The van der Waals surface area contributed by atoms with Gasteiger partial charge in [0.25, 0.3) is 5.69 Å². The molecule has 0 radical (unpaired) electrons. The lowest BCUT2D eigenvalue weighted by Gasteiger charge is -2.14. The lowest BCUT2D eigenvalue weighted by atomic mass is 10.1. The maximum absolute atomic E-state index is 11.8. The molecule has 1 amide bonds. The summed E-state index contributed by atoms with van der Waals surface area (Å²) < 4.78 is 0. The minimum Gasteiger partial charge on any atom is -0.480 e. The van der Waals surface area contributed by atoms with E-state index >= 15 is 0 Å². The molecule has 0 saturated carbocycles. The number of nitrogens with one attached hydrogen (secondary N) is 1. The predicted octanol–water partition coefficient (Wildman–Crippen LogP) is 1.90. The van der Waals surface area contributed by atoms with Crippen molar-refractivity contribution in [2.45, 2.75) is 38.6 Å². The zero-order valence-electron chi connectivity index (χ0n) is 11.7. The molecule has 0 bridgehead atoms. The Labute approximate surface area is 122 Å². The van der Waals surface area contributed by atoms with Gasteiger partial charge in [0.1, 0.15) is 6.04 Å². The van der Waals surface area contributed by atoms with E-state index in [1.807, 2.05) is 6.92 Å². The molecule has 1 aromatic carbocycles. The Kier molecular flexibility index (Phi) is 6.32. The Morgan fingerprint density at radius 1 is 1.43 bits per heavy atom. The molecule has 114 valence electrons. The summed E-state index contributed by atoms with van der Waals surface area (Å²) >= 11 is 0. The van der Waals surface area contributed by atoms with Crippen LogP contribution in [-0.4, -0.2) is 27.9 Å². The third-order valence-corrected chi connectivity index (χ3v) is 2.97. The van der Waals surface area contributed by atoms with Gasteiger partial charge >= 0.3 is 5.97 Å². The van der Waals surface area contributed by atoms with Gasteiger partial charge in [0.2, 0.25) is 5.91 Å². The normalized spacial score (nSPS) is 11.7. The van der Waals surface area contributed by atoms with Gasteiger partial charge in [-0.15, -0.1) is 0 Å². The van der Waals surface area contributed by atoms with Gasteiger partial charge in [0, 0.05) is 12.1 Å². The maximum atomic E-state index is 11.8. The van der Waals surface area contributed by atoms with Crippen LogP contribution in [0, 0.1) is 10.1 Å². The first-order valence-corrected chi connectivity index (χ1v) is 6.69. The van der Waals surface area contributed by atoms with Gasteiger partial charge in [0.05, 0.1) is 11.3 Å². The van der Waals surface area contributed by atoms with Gasteiger partial charge in [-0.1, -0.05) is 31.9 Å². The van der Waals surface area contributed by atoms with E-state index < -0.39 is 22.8 Å². The molecule has 0 aliphatic rings. The number of nitro benzene ring substituents is 1. The smallest absolute Gasteiger partial charge is 0.326 e. The van der Waals surface area contributed by atoms with E-state index in [1.54, 1.807) is 6.07 Å². The van der Waals surface area contributed by atoms with Crippen LogP contribution >= 0.6 is 0 Å². The summed E-state index contributed by atoms with van der Waals surface area (Å²) in [5, 5.41) is 22.1. The van der Waals surface area contributed by atoms with E-state index in [-0.39, 0.29) is 12.1 Å². The Balaban J connectivity index is 2.65. The summed E-state index contributed by atoms with van der Waals surface area (Å²) in [6.07, 6.45) is 1.82. The molecule has 7 nitrogen and oxygen atoms in total. The summed E-state index contributed by atoms with van der Waals surface area (Å²) in [6, 6.07) is 4.81. The van der Waals surface area contributed by atoms with Crippen LogP contribution in [0.5, 0.6) is 0 Å². The second kappa shape index (κ2) is 7.98. The molecule has 21 heavy (non-hydrogen) atoms. The lowest BCUT2D eigenvalue weighted by molar-refractivity contribution is -0.384. The van der Waals surface area contributed by atoms with Crippen molar-refractivity contribution in [2.75, 3.05) is 0 Å². The van der Waals surface area contributed by atoms with Crippen molar-refractivity contribution in [3.05, 3.63) is 39.9 Å². The van der Waals surface area contributed by atoms with Gasteiger partial charge in [-0.2, -0.15) is 0 Å². The fourth-order valence-corrected chi connectivity index (χ4v) is 1.88. The average molecular weight is 294 g/mol. The highest BCUT2D eigenvalue weighted by Crippen LogP contribution is 2.13. The highest BCUT2D eigenvalue weighted by atomic mass is 16.6. The Morgan fingerprint density at radius 3 is 2.71 bits per heavy atom. The Bertz CT molecular complexity index is 530. The number of rotatable bonds is 8. The van der Waals surface area contributed by atoms with Gasteiger partial charge < -0.3 is 10.4 Å². The third-order valence-electron chi connectivity index (χ3n) is 2.97. The fraction of sp³-hybridized carbons (Fsp3) is 0.429. The van der Waals surface area contributed by atoms with Gasteiger partial charge in [-0.05, 0) is 12.0 Å². The summed E-state index contributed by atoms with van der Waals surface area (Å²) in [6.45, 7) is 1.93. The van der Waals surface area contributed by atoms with Gasteiger partial charge in [-0.25, -0.2) is 4.79 Å². The fourth-order valence-electron chi connectivity index (χ4n) is 1.88.